The molecule has 18 heavy (non-hydrogen) atoms. The summed E-state index contributed by atoms with van der Waals surface area (Å²) < 4.78 is 0. The summed E-state index contributed by atoms with van der Waals surface area (Å²) in [5.74, 6) is 0.586. The second-order valence-corrected chi connectivity index (χ2v) is 6.42. The molecule has 1 saturated heterocycles. The first kappa shape index (κ1) is 13.8. The Morgan fingerprint density at radius 2 is 2.00 bits per heavy atom. The van der Waals surface area contributed by atoms with Crippen LogP contribution in [-0.4, -0.2) is 35.2 Å². The summed E-state index contributed by atoms with van der Waals surface area (Å²) in [5, 5.41) is 20.6. The number of nitrogens with zero attached hydrogens (tertiary/aromatic N) is 2. The second-order valence-electron chi connectivity index (χ2n) is 6.42. The Labute approximate surface area is 111 Å². The minimum atomic E-state index is -0.739. The van der Waals surface area contributed by atoms with E-state index in [1.54, 1.807) is 0 Å². The van der Waals surface area contributed by atoms with Gasteiger partial charge in [0.25, 0.3) is 0 Å². The van der Waals surface area contributed by atoms with Gasteiger partial charge in [-0.25, -0.2) is 0 Å². The van der Waals surface area contributed by atoms with Crippen molar-refractivity contribution in [2.24, 2.45) is 11.3 Å². The Kier molecular flexibility index (Phi) is 3.99. The standard InChI is InChI=1S/C15H26N2O/c1-3-8-17-9-6-15(18,7-10-17)14(12-16)5-4-13(2)11-14/h13,18H,3-11H2,1-2H3. The quantitative estimate of drug-likeness (QED) is 0.837. The van der Waals surface area contributed by atoms with E-state index < -0.39 is 11.0 Å². The molecule has 2 fully saturated rings. The summed E-state index contributed by atoms with van der Waals surface area (Å²) in [6.45, 7) is 7.40. The third kappa shape index (κ3) is 2.29. The summed E-state index contributed by atoms with van der Waals surface area (Å²) >= 11 is 0. The summed E-state index contributed by atoms with van der Waals surface area (Å²) in [7, 11) is 0. The van der Waals surface area contributed by atoms with Crippen LogP contribution in [0.2, 0.25) is 0 Å². The zero-order chi connectivity index (χ0) is 13.2. The van der Waals surface area contributed by atoms with Crippen molar-refractivity contribution in [1.29, 1.82) is 5.26 Å². The predicted octanol–water partition coefficient (Wildman–Crippen LogP) is 2.55. The minimum Gasteiger partial charge on any atom is -0.388 e. The maximum Gasteiger partial charge on any atom is 0.0863 e. The van der Waals surface area contributed by atoms with E-state index in [2.05, 4.69) is 24.8 Å². The van der Waals surface area contributed by atoms with Gasteiger partial charge in [-0.15, -0.1) is 0 Å². The maximum atomic E-state index is 11.0. The van der Waals surface area contributed by atoms with Gasteiger partial charge in [0, 0.05) is 13.1 Å². The van der Waals surface area contributed by atoms with Crippen LogP contribution in [0, 0.1) is 22.7 Å². The second kappa shape index (κ2) is 5.19. The van der Waals surface area contributed by atoms with Gasteiger partial charge >= 0.3 is 0 Å². The summed E-state index contributed by atoms with van der Waals surface area (Å²) in [6, 6.07) is 2.50. The molecular weight excluding hydrogens is 224 g/mol. The molecule has 0 amide bonds. The lowest BCUT2D eigenvalue weighted by atomic mass is 9.66. The highest BCUT2D eigenvalue weighted by Crippen LogP contribution is 2.52. The third-order valence-corrected chi connectivity index (χ3v) is 5.09. The third-order valence-electron chi connectivity index (χ3n) is 5.09. The van der Waals surface area contributed by atoms with Crippen molar-refractivity contribution in [1.82, 2.24) is 4.90 Å². The van der Waals surface area contributed by atoms with Gasteiger partial charge in [0.05, 0.1) is 17.1 Å². The molecule has 3 nitrogen and oxygen atoms in total. The molecule has 1 aliphatic carbocycles. The number of hydrogen-bond donors (Lipinski definition) is 1. The molecule has 0 bridgehead atoms. The van der Waals surface area contributed by atoms with Crippen molar-refractivity contribution in [3.63, 3.8) is 0 Å². The van der Waals surface area contributed by atoms with Crippen molar-refractivity contribution in [3.05, 3.63) is 0 Å². The molecule has 0 spiro atoms. The Hall–Kier alpha value is -0.590. The molecule has 1 saturated carbocycles. The Bertz CT molecular complexity index is 328. The van der Waals surface area contributed by atoms with E-state index >= 15 is 0 Å². The molecule has 2 atom stereocenters. The highest BCUT2D eigenvalue weighted by atomic mass is 16.3. The molecule has 0 aromatic carbocycles. The molecule has 3 heteroatoms. The number of piperidine rings is 1. The van der Waals surface area contributed by atoms with Crippen molar-refractivity contribution in [3.8, 4) is 6.07 Å². The Morgan fingerprint density at radius 3 is 2.44 bits per heavy atom. The van der Waals surface area contributed by atoms with Crippen LogP contribution in [0.1, 0.15) is 52.4 Å². The lowest BCUT2D eigenvalue weighted by Crippen LogP contribution is -2.53. The number of hydrogen-bond acceptors (Lipinski definition) is 3. The Balaban J connectivity index is 2.06. The first-order valence-electron chi connectivity index (χ1n) is 7.41. The highest BCUT2D eigenvalue weighted by Gasteiger charge is 2.54. The van der Waals surface area contributed by atoms with Gasteiger partial charge in [-0.3, -0.25) is 0 Å². The smallest absolute Gasteiger partial charge is 0.0863 e. The monoisotopic (exact) mass is 250 g/mol. The lowest BCUT2D eigenvalue weighted by Gasteiger charge is -2.46. The SMILES string of the molecule is CCCN1CCC(O)(C2(C#N)CCC(C)C2)CC1. The summed E-state index contributed by atoms with van der Waals surface area (Å²) in [4.78, 5) is 2.41. The average Bonchev–Trinajstić information content (AvgIpc) is 2.76. The van der Waals surface area contributed by atoms with Gasteiger partial charge in [-0.05, 0) is 51.0 Å². The summed E-state index contributed by atoms with van der Waals surface area (Å²) in [6.07, 6.45) is 5.57. The molecule has 2 rings (SSSR count). The van der Waals surface area contributed by atoms with E-state index in [9.17, 15) is 10.4 Å². The van der Waals surface area contributed by atoms with Gasteiger partial charge < -0.3 is 10.0 Å². The number of aliphatic hydroxyl groups is 1. The molecular formula is C15H26N2O. The molecule has 0 radical (unpaired) electrons. The van der Waals surface area contributed by atoms with Gasteiger partial charge in [-0.2, -0.15) is 5.26 Å². The van der Waals surface area contributed by atoms with Crippen molar-refractivity contribution in [2.75, 3.05) is 19.6 Å². The van der Waals surface area contributed by atoms with E-state index in [1.807, 2.05) is 0 Å². The van der Waals surface area contributed by atoms with Crippen LogP contribution in [0.3, 0.4) is 0 Å². The molecule has 1 N–H and O–H groups in total. The lowest BCUT2D eigenvalue weighted by molar-refractivity contribution is -0.0958. The fourth-order valence-corrected chi connectivity index (χ4v) is 3.86. The molecule has 0 aromatic heterocycles. The normalized spacial score (nSPS) is 36.4. The molecule has 2 unspecified atom stereocenters. The van der Waals surface area contributed by atoms with Crippen LogP contribution in [0.25, 0.3) is 0 Å². The molecule has 2 aliphatic rings. The Morgan fingerprint density at radius 1 is 1.33 bits per heavy atom. The van der Waals surface area contributed by atoms with Crippen LogP contribution >= 0.6 is 0 Å². The minimum absolute atomic E-state index is 0.468. The van der Waals surface area contributed by atoms with Crippen LogP contribution in [0.4, 0.5) is 0 Å². The fraction of sp³-hybridized carbons (Fsp3) is 0.933. The van der Waals surface area contributed by atoms with Crippen LogP contribution in [0.5, 0.6) is 0 Å². The van der Waals surface area contributed by atoms with Crippen molar-refractivity contribution < 1.29 is 5.11 Å². The predicted molar refractivity (Wildman–Crippen MR) is 72.0 cm³/mol. The maximum absolute atomic E-state index is 11.0. The number of nitriles is 1. The largest absolute Gasteiger partial charge is 0.388 e. The fourth-order valence-electron chi connectivity index (χ4n) is 3.86. The zero-order valence-corrected chi connectivity index (χ0v) is 11.8. The van der Waals surface area contributed by atoms with Gasteiger partial charge in [0.15, 0.2) is 0 Å². The topological polar surface area (TPSA) is 47.3 Å². The number of likely N-dealkylation sites (tertiary alicyclic amines) is 1. The van der Waals surface area contributed by atoms with E-state index in [1.165, 1.54) is 6.42 Å². The van der Waals surface area contributed by atoms with Gasteiger partial charge in [0.1, 0.15) is 0 Å². The van der Waals surface area contributed by atoms with Gasteiger partial charge in [0.2, 0.25) is 0 Å². The zero-order valence-electron chi connectivity index (χ0n) is 11.8. The van der Waals surface area contributed by atoms with E-state index in [0.717, 1.165) is 51.7 Å². The van der Waals surface area contributed by atoms with Crippen molar-refractivity contribution >= 4 is 0 Å². The molecule has 1 aliphatic heterocycles. The van der Waals surface area contributed by atoms with Crippen LogP contribution in [-0.2, 0) is 0 Å². The van der Waals surface area contributed by atoms with Crippen molar-refractivity contribution in [2.45, 2.75) is 58.0 Å². The summed E-state index contributed by atoms with van der Waals surface area (Å²) in [5.41, 5.74) is -1.21. The molecule has 1 heterocycles. The van der Waals surface area contributed by atoms with E-state index in [4.69, 9.17) is 0 Å². The highest BCUT2D eigenvalue weighted by molar-refractivity contribution is 5.15. The first-order chi connectivity index (χ1) is 8.55. The van der Waals surface area contributed by atoms with Crippen LogP contribution in [0.15, 0.2) is 0 Å². The van der Waals surface area contributed by atoms with Gasteiger partial charge in [-0.1, -0.05) is 13.8 Å². The average molecular weight is 250 g/mol. The molecule has 102 valence electrons. The number of rotatable bonds is 3. The van der Waals surface area contributed by atoms with Crippen LogP contribution < -0.4 is 0 Å². The van der Waals surface area contributed by atoms with E-state index in [-0.39, 0.29) is 0 Å². The van der Waals surface area contributed by atoms with E-state index in [0.29, 0.717) is 5.92 Å². The first-order valence-corrected chi connectivity index (χ1v) is 7.41. The molecule has 0 aromatic rings.